The maximum absolute atomic E-state index is 13.0. The molecule has 0 saturated carbocycles. The Kier molecular flexibility index (Phi) is 7.78. The molecule has 7 heteroatoms. The van der Waals surface area contributed by atoms with Gasteiger partial charge in [-0.1, -0.05) is 36.4 Å². The highest BCUT2D eigenvalue weighted by Gasteiger charge is 2.21. The SMILES string of the molecule is CN1CCN(C(=O)c2cccc(NC(=O)c3ccccc3OCCOc3ccccc3)c2)CC1. The Hall–Kier alpha value is -3.84. The van der Waals surface area contributed by atoms with Gasteiger partial charge in [0.05, 0.1) is 5.56 Å². The van der Waals surface area contributed by atoms with Crippen LogP contribution in [0.15, 0.2) is 78.9 Å². The van der Waals surface area contributed by atoms with Gasteiger partial charge in [0.15, 0.2) is 0 Å². The highest BCUT2D eigenvalue weighted by Crippen LogP contribution is 2.21. The zero-order valence-electron chi connectivity index (χ0n) is 19.3. The number of likely N-dealkylation sites (N-methyl/N-ethyl adjacent to an activating group) is 1. The Balaban J connectivity index is 1.36. The van der Waals surface area contributed by atoms with E-state index in [-0.39, 0.29) is 11.8 Å². The van der Waals surface area contributed by atoms with Gasteiger partial charge >= 0.3 is 0 Å². The quantitative estimate of drug-likeness (QED) is 0.519. The monoisotopic (exact) mass is 459 g/mol. The molecular formula is C27H29N3O4. The van der Waals surface area contributed by atoms with E-state index >= 15 is 0 Å². The summed E-state index contributed by atoms with van der Waals surface area (Å²) in [6.07, 6.45) is 0. The van der Waals surface area contributed by atoms with Gasteiger partial charge in [0.1, 0.15) is 24.7 Å². The molecule has 0 atom stereocenters. The lowest BCUT2D eigenvalue weighted by atomic mass is 10.1. The minimum Gasteiger partial charge on any atom is -0.490 e. The normalized spacial score (nSPS) is 13.9. The van der Waals surface area contributed by atoms with Crippen molar-refractivity contribution >= 4 is 17.5 Å². The summed E-state index contributed by atoms with van der Waals surface area (Å²) in [4.78, 5) is 29.9. The molecule has 0 aromatic heterocycles. The zero-order chi connectivity index (χ0) is 23.8. The summed E-state index contributed by atoms with van der Waals surface area (Å²) in [5.41, 5.74) is 1.54. The molecule has 1 N–H and O–H groups in total. The lowest BCUT2D eigenvalue weighted by Crippen LogP contribution is -2.47. The van der Waals surface area contributed by atoms with Crippen molar-refractivity contribution in [3.05, 3.63) is 90.0 Å². The zero-order valence-corrected chi connectivity index (χ0v) is 19.3. The van der Waals surface area contributed by atoms with Gasteiger partial charge in [0, 0.05) is 37.4 Å². The third-order valence-electron chi connectivity index (χ3n) is 5.64. The van der Waals surface area contributed by atoms with Gasteiger partial charge in [0.25, 0.3) is 11.8 Å². The van der Waals surface area contributed by atoms with E-state index in [4.69, 9.17) is 9.47 Å². The molecule has 1 aliphatic rings. The minimum atomic E-state index is -0.302. The Morgan fingerprint density at radius 3 is 2.32 bits per heavy atom. The number of piperazine rings is 1. The number of amides is 2. The van der Waals surface area contributed by atoms with Crippen molar-refractivity contribution < 1.29 is 19.1 Å². The first-order valence-corrected chi connectivity index (χ1v) is 11.4. The first-order chi connectivity index (χ1) is 16.6. The second kappa shape index (κ2) is 11.3. The van der Waals surface area contributed by atoms with E-state index in [9.17, 15) is 9.59 Å². The summed E-state index contributed by atoms with van der Waals surface area (Å²) in [6, 6.07) is 23.6. The van der Waals surface area contributed by atoms with Gasteiger partial charge in [0.2, 0.25) is 0 Å². The molecule has 1 heterocycles. The molecule has 3 aromatic carbocycles. The molecule has 0 bridgehead atoms. The minimum absolute atomic E-state index is 0.0219. The summed E-state index contributed by atoms with van der Waals surface area (Å²) in [6.45, 7) is 3.77. The van der Waals surface area contributed by atoms with Crippen molar-refractivity contribution in [3.63, 3.8) is 0 Å². The second-order valence-electron chi connectivity index (χ2n) is 8.14. The van der Waals surface area contributed by atoms with Gasteiger partial charge in [-0.3, -0.25) is 9.59 Å². The number of anilines is 1. The van der Waals surface area contributed by atoms with Gasteiger partial charge in [-0.05, 0) is 49.5 Å². The van der Waals surface area contributed by atoms with Crippen molar-refractivity contribution in [2.45, 2.75) is 0 Å². The van der Waals surface area contributed by atoms with Gasteiger partial charge in [-0.25, -0.2) is 0 Å². The predicted molar refractivity (Wildman–Crippen MR) is 132 cm³/mol. The number of rotatable bonds is 8. The first kappa shape index (κ1) is 23.3. The number of carbonyl (C=O) groups excluding carboxylic acids is 2. The van der Waals surface area contributed by atoms with Crippen LogP contribution in [0.5, 0.6) is 11.5 Å². The van der Waals surface area contributed by atoms with E-state index in [1.165, 1.54) is 0 Å². The number of hydrogen-bond acceptors (Lipinski definition) is 5. The van der Waals surface area contributed by atoms with Crippen molar-refractivity contribution in [2.24, 2.45) is 0 Å². The Morgan fingerprint density at radius 1 is 0.824 bits per heavy atom. The molecule has 0 spiro atoms. The van der Waals surface area contributed by atoms with Gasteiger partial charge in [-0.15, -0.1) is 0 Å². The lowest BCUT2D eigenvalue weighted by Gasteiger charge is -2.32. The predicted octanol–water partition coefficient (Wildman–Crippen LogP) is 3.78. The van der Waals surface area contributed by atoms with Crippen LogP contribution in [-0.4, -0.2) is 68.1 Å². The van der Waals surface area contributed by atoms with Crippen LogP contribution < -0.4 is 14.8 Å². The van der Waals surface area contributed by atoms with E-state index in [1.54, 1.807) is 42.5 Å². The Labute approximate surface area is 199 Å². The summed E-state index contributed by atoms with van der Waals surface area (Å²) in [7, 11) is 2.05. The van der Waals surface area contributed by atoms with Crippen LogP contribution >= 0.6 is 0 Å². The molecule has 3 aromatic rings. The number of nitrogens with zero attached hydrogens (tertiary/aromatic N) is 2. The number of benzene rings is 3. The lowest BCUT2D eigenvalue weighted by molar-refractivity contribution is 0.0664. The highest BCUT2D eigenvalue weighted by atomic mass is 16.5. The largest absolute Gasteiger partial charge is 0.490 e. The molecule has 4 rings (SSSR count). The topological polar surface area (TPSA) is 71.1 Å². The van der Waals surface area contributed by atoms with Gasteiger partial charge in [-0.2, -0.15) is 0 Å². The number of para-hydroxylation sites is 2. The smallest absolute Gasteiger partial charge is 0.259 e. The van der Waals surface area contributed by atoms with Crippen LogP contribution in [0, 0.1) is 0 Å². The van der Waals surface area contributed by atoms with E-state index in [2.05, 4.69) is 17.3 Å². The van der Waals surface area contributed by atoms with Crippen LogP contribution in [0.3, 0.4) is 0 Å². The number of nitrogens with one attached hydrogen (secondary N) is 1. The van der Waals surface area contributed by atoms with Crippen LogP contribution in [0.2, 0.25) is 0 Å². The molecule has 7 nitrogen and oxygen atoms in total. The van der Waals surface area contributed by atoms with Crippen molar-refractivity contribution in [1.82, 2.24) is 9.80 Å². The van der Waals surface area contributed by atoms with Gasteiger partial charge < -0.3 is 24.6 Å². The van der Waals surface area contributed by atoms with E-state index < -0.39 is 0 Å². The Bertz CT molecular complexity index is 1110. The average molecular weight is 460 g/mol. The molecule has 0 aliphatic carbocycles. The summed E-state index contributed by atoms with van der Waals surface area (Å²) in [5.74, 6) is 0.916. The molecule has 176 valence electrons. The van der Waals surface area contributed by atoms with E-state index in [0.717, 1.165) is 18.8 Å². The molecule has 1 saturated heterocycles. The van der Waals surface area contributed by atoms with E-state index in [1.807, 2.05) is 41.3 Å². The van der Waals surface area contributed by atoms with Crippen LogP contribution in [-0.2, 0) is 0 Å². The summed E-state index contributed by atoms with van der Waals surface area (Å²) < 4.78 is 11.5. The highest BCUT2D eigenvalue weighted by molar-refractivity contribution is 6.06. The molecule has 0 unspecified atom stereocenters. The fourth-order valence-electron chi connectivity index (χ4n) is 3.73. The maximum Gasteiger partial charge on any atom is 0.259 e. The van der Waals surface area contributed by atoms with Crippen molar-refractivity contribution in [2.75, 3.05) is 51.8 Å². The molecule has 1 aliphatic heterocycles. The maximum atomic E-state index is 13.0. The van der Waals surface area contributed by atoms with Crippen LogP contribution in [0.1, 0.15) is 20.7 Å². The summed E-state index contributed by atoms with van der Waals surface area (Å²) >= 11 is 0. The molecule has 34 heavy (non-hydrogen) atoms. The summed E-state index contributed by atoms with van der Waals surface area (Å²) in [5, 5.41) is 2.89. The van der Waals surface area contributed by atoms with Crippen molar-refractivity contribution in [3.8, 4) is 11.5 Å². The third-order valence-corrected chi connectivity index (χ3v) is 5.64. The fourth-order valence-corrected chi connectivity index (χ4v) is 3.73. The molecule has 0 radical (unpaired) electrons. The number of hydrogen-bond donors (Lipinski definition) is 1. The molecule has 2 amide bonds. The average Bonchev–Trinajstić information content (AvgIpc) is 2.87. The Morgan fingerprint density at radius 2 is 1.53 bits per heavy atom. The van der Waals surface area contributed by atoms with Crippen LogP contribution in [0.4, 0.5) is 5.69 Å². The standard InChI is InChI=1S/C27H29N3O4/c1-29-14-16-30(17-15-29)27(32)21-8-7-9-22(20-21)28-26(31)24-12-5-6-13-25(24)34-19-18-33-23-10-3-2-4-11-23/h2-13,20H,14-19H2,1H3,(H,28,31). The first-order valence-electron chi connectivity index (χ1n) is 11.4. The van der Waals surface area contributed by atoms with Crippen LogP contribution in [0.25, 0.3) is 0 Å². The number of ether oxygens (including phenoxy) is 2. The van der Waals surface area contributed by atoms with Crippen molar-refractivity contribution in [1.29, 1.82) is 0 Å². The van der Waals surface area contributed by atoms with E-state index in [0.29, 0.717) is 48.9 Å². The second-order valence-corrected chi connectivity index (χ2v) is 8.14. The molecule has 1 fully saturated rings. The third kappa shape index (κ3) is 6.14. The fraction of sp³-hybridized carbons (Fsp3) is 0.259. The number of carbonyl (C=O) groups is 2. The molecular weight excluding hydrogens is 430 g/mol.